The minimum atomic E-state index is 0. The van der Waals surface area contributed by atoms with Gasteiger partial charge in [-0.1, -0.05) is 12.1 Å². The molecule has 0 aliphatic carbocycles. The predicted molar refractivity (Wildman–Crippen MR) is 52.4 cm³/mol. The highest BCUT2D eigenvalue weighted by atomic mass is 35.5. The minimum Gasteiger partial charge on any atom is -0.489 e. The van der Waals surface area contributed by atoms with Crippen molar-refractivity contribution < 1.29 is 4.74 Å². The Morgan fingerprint density at radius 3 is 3.00 bits per heavy atom. The molecule has 0 bridgehead atoms. The van der Waals surface area contributed by atoms with Crippen LogP contribution in [0.2, 0.25) is 0 Å². The molecule has 0 unspecified atom stereocenters. The Labute approximate surface area is 78.3 Å². The van der Waals surface area contributed by atoms with Crippen molar-refractivity contribution in [2.24, 2.45) is 0 Å². The summed E-state index contributed by atoms with van der Waals surface area (Å²) in [4.78, 5) is 0. The molecule has 0 amide bonds. The smallest absolute Gasteiger partial charge is 0.145 e. The molecule has 1 aliphatic rings. The van der Waals surface area contributed by atoms with Crippen molar-refractivity contribution in [2.45, 2.75) is 6.92 Å². The maximum atomic E-state index is 5.49. The molecule has 0 saturated heterocycles. The first-order valence-electron chi connectivity index (χ1n) is 3.84. The second-order valence-electron chi connectivity index (χ2n) is 2.73. The molecule has 0 atom stereocenters. The van der Waals surface area contributed by atoms with Gasteiger partial charge in [0.2, 0.25) is 0 Å². The fourth-order valence-corrected chi connectivity index (χ4v) is 1.32. The van der Waals surface area contributed by atoms with Crippen LogP contribution < -0.4 is 10.1 Å². The third-order valence-electron chi connectivity index (χ3n) is 1.88. The van der Waals surface area contributed by atoms with Gasteiger partial charge in [0.25, 0.3) is 0 Å². The van der Waals surface area contributed by atoms with Gasteiger partial charge in [-0.25, -0.2) is 0 Å². The van der Waals surface area contributed by atoms with Crippen LogP contribution in [0.15, 0.2) is 18.2 Å². The zero-order valence-corrected chi connectivity index (χ0v) is 7.78. The molecule has 0 radical (unpaired) electrons. The molecule has 1 aliphatic heterocycles. The van der Waals surface area contributed by atoms with E-state index < -0.39 is 0 Å². The number of nitrogens with one attached hydrogen (secondary N) is 1. The summed E-state index contributed by atoms with van der Waals surface area (Å²) < 4.78 is 5.49. The third-order valence-corrected chi connectivity index (χ3v) is 1.88. The van der Waals surface area contributed by atoms with E-state index in [9.17, 15) is 0 Å². The van der Waals surface area contributed by atoms with Crippen molar-refractivity contribution in [3.8, 4) is 5.75 Å². The molecule has 0 aromatic heterocycles. The predicted octanol–water partition coefficient (Wildman–Crippen LogP) is 2.22. The van der Waals surface area contributed by atoms with Crippen LogP contribution in [-0.2, 0) is 0 Å². The fraction of sp³-hybridized carbons (Fsp3) is 0.333. The number of ether oxygens (including phenoxy) is 1. The van der Waals surface area contributed by atoms with Crippen LogP contribution in [0.4, 0.5) is 5.69 Å². The second kappa shape index (κ2) is 3.68. The van der Waals surface area contributed by atoms with Crippen LogP contribution in [0.1, 0.15) is 5.56 Å². The Morgan fingerprint density at radius 2 is 2.25 bits per heavy atom. The van der Waals surface area contributed by atoms with E-state index in [0.717, 1.165) is 24.6 Å². The molecule has 66 valence electrons. The van der Waals surface area contributed by atoms with Gasteiger partial charge in [-0.15, -0.1) is 12.4 Å². The van der Waals surface area contributed by atoms with Crippen molar-refractivity contribution in [3.63, 3.8) is 0 Å². The first-order valence-corrected chi connectivity index (χ1v) is 3.84. The number of fused-ring (bicyclic) bond motifs is 1. The van der Waals surface area contributed by atoms with E-state index in [-0.39, 0.29) is 12.4 Å². The number of hydrogen-bond acceptors (Lipinski definition) is 2. The molecule has 3 heteroatoms. The highest BCUT2D eigenvalue weighted by Gasteiger charge is 2.09. The Balaban J connectivity index is 0.000000720. The molecule has 2 rings (SSSR count). The van der Waals surface area contributed by atoms with Crippen molar-refractivity contribution in [1.29, 1.82) is 0 Å². The van der Waals surface area contributed by atoms with Gasteiger partial charge >= 0.3 is 0 Å². The molecule has 1 aromatic carbocycles. The van der Waals surface area contributed by atoms with Gasteiger partial charge in [0, 0.05) is 6.54 Å². The van der Waals surface area contributed by atoms with Gasteiger partial charge in [-0.2, -0.15) is 0 Å². The standard InChI is InChI=1S/C9H11NO.ClH/c1-7-3-2-4-8-9(7)11-6-5-10-8;/h2-4,10H,5-6H2,1H3;1H. The Morgan fingerprint density at radius 1 is 1.42 bits per heavy atom. The Kier molecular flexibility index (Phi) is 2.82. The fourth-order valence-electron chi connectivity index (χ4n) is 1.32. The summed E-state index contributed by atoms with van der Waals surface area (Å²) in [7, 11) is 0. The minimum absolute atomic E-state index is 0. The van der Waals surface area contributed by atoms with Gasteiger partial charge in [0.05, 0.1) is 5.69 Å². The van der Waals surface area contributed by atoms with Crippen molar-refractivity contribution in [1.82, 2.24) is 0 Å². The van der Waals surface area contributed by atoms with Gasteiger partial charge < -0.3 is 10.1 Å². The first kappa shape index (κ1) is 9.20. The number of hydrogen-bond donors (Lipinski definition) is 1. The largest absolute Gasteiger partial charge is 0.489 e. The quantitative estimate of drug-likeness (QED) is 0.669. The summed E-state index contributed by atoms with van der Waals surface area (Å²) in [5, 5.41) is 3.28. The molecule has 2 nitrogen and oxygen atoms in total. The van der Waals surface area contributed by atoms with Crippen molar-refractivity contribution in [3.05, 3.63) is 23.8 Å². The second-order valence-corrected chi connectivity index (χ2v) is 2.73. The van der Waals surface area contributed by atoms with E-state index in [2.05, 4.69) is 18.3 Å². The number of aryl methyl sites for hydroxylation is 1. The number of benzene rings is 1. The zero-order chi connectivity index (χ0) is 7.68. The number of para-hydroxylation sites is 1. The topological polar surface area (TPSA) is 21.3 Å². The molecular weight excluding hydrogens is 174 g/mol. The average Bonchev–Trinajstić information content (AvgIpc) is 2.06. The lowest BCUT2D eigenvalue weighted by Gasteiger charge is -2.20. The van der Waals surface area contributed by atoms with Crippen LogP contribution in [0.25, 0.3) is 0 Å². The van der Waals surface area contributed by atoms with Gasteiger partial charge in [-0.3, -0.25) is 0 Å². The summed E-state index contributed by atoms with van der Waals surface area (Å²) in [5.41, 5.74) is 2.32. The van der Waals surface area contributed by atoms with Crippen molar-refractivity contribution in [2.75, 3.05) is 18.5 Å². The maximum absolute atomic E-state index is 5.49. The molecular formula is C9H12ClNO. The molecule has 1 aromatic rings. The summed E-state index contributed by atoms with van der Waals surface area (Å²) in [6, 6.07) is 6.14. The van der Waals surface area contributed by atoms with Crippen molar-refractivity contribution >= 4 is 18.1 Å². The van der Waals surface area contributed by atoms with Gasteiger partial charge in [-0.05, 0) is 18.6 Å². The molecule has 12 heavy (non-hydrogen) atoms. The number of anilines is 1. The van der Waals surface area contributed by atoms with Crippen LogP contribution in [-0.4, -0.2) is 13.2 Å². The molecule has 0 saturated carbocycles. The summed E-state index contributed by atoms with van der Waals surface area (Å²) in [6.07, 6.45) is 0. The van der Waals surface area contributed by atoms with E-state index in [1.54, 1.807) is 0 Å². The summed E-state index contributed by atoms with van der Waals surface area (Å²) in [6.45, 7) is 3.75. The number of halogens is 1. The van der Waals surface area contributed by atoms with E-state index >= 15 is 0 Å². The van der Waals surface area contributed by atoms with E-state index in [1.807, 2.05) is 12.1 Å². The van der Waals surface area contributed by atoms with Gasteiger partial charge in [0.15, 0.2) is 0 Å². The maximum Gasteiger partial charge on any atom is 0.145 e. The van der Waals surface area contributed by atoms with Crippen LogP contribution >= 0.6 is 12.4 Å². The third kappa shape index (κ3) is 1.48. The van der Waals surface area contributed by atoms with Crippen LogP contribution in [0.5, 0.6) is 5.75 Å². The van der Waals surface area contributed by atoms with Crippen LogP contribution in [0.3, 0.4) is 0 Å². The molecule has 1 N–H and O–H groups in total. The molecule has 0 fully saturated rings. The first-order chi connectivity index (χ1) is 5.38. The highest BCUT2D eigenvalue weighted by Crippen LogP contribution is 2.29. The molecule has 1 heterocycles. The van der Waals surface area contributed by atoms with E-state index in [0.29, 0.717) is 0 Å². The lowest BCUT2D eigenvalue weighted by molar-refractivity contribution is 0.321. The Hall–Kier alpha value is -0.890. The summed E-state index contributed by atoms with van der Waals surface area (Å²) in [5.74, 6) is 1.01. The lowest BCUT2D eigenvalue weighted by atomic mass is 10.2. The average molecular weight is 186 g/mol. The SMILES string of the molecule is Cc1cccc2c1OCCN2.Cl. The van der Waals surface area contributed by atoms with Gasteiger partial charge in [0.1, 0.15) is 12.4 Å². The normalized spacial score (nSPS) is 13.4. The van der Waals surface area contributed by atoms with E-state index in [4.69, 9.17) is 4.74 Å². The highest BCUT2D eigenvalue weighted by molar-refractivity contribution is 5.85. The monoisotopic (exact) mass is 185 g/mol. The molecule has 0 spiro atoms. The lowest BCUT2D eigenvalue weighted by Crippen LogP contribution is -2.18. The number of rotatable bonds is 0. The van der Waals surface area contributed by atoms with Crippen LogP contribution in [0, 0.1) is 6.92 Å². The zero-order valence-electron chi connectivity index (χ0n) is 6.96. The Bertz CT molecular complexity index is 275. The summed E-state index contributed by atoms with van der Waals surface area (Å²) >= 11 is 0. The van der Waals surface area contributed by atoms with E-state index in [1.165, 1.54) is 5.56 Å².